The first kappa shape index (κ1) is 24.1. The molecule has 0 spiro atoms. The smallest absolute Gasteiger partial charge is 0.193 e. The third-order valence-electron chi connectivity index (χ3n) is 8.95. The average molecular weight is 517 g/mol. The zero-order valence-electron chi connectivity index (χ0n) is 22.8. The van der Waals surface area contributed by atoms with Crippen molar-refractivity contribution in [1.29, 1.82) is 0 Å². The number of fused-ring (bicyclic) bond motifs is 9. The van der Waals surface area contributed by atoms with Gasteiger partial charge in [-0.3, -0.25) is 4.79 Å². The molecule has 196 valence electrons. The fourth-order valence-corrected chi connectivity index (χ4v) is 6.95. The maximum absolute atomic E-state index is 13.3. The number of aromatic nitrogens is 2. The van der Waals surface area contributed by atoms with Gasteiger partial charge in [-0.1, -0.05) is 37.6 Å². The molecule has 0 bridgehead atoms. The lowest BCUT2D eigenvalue weighted by Crippen LogP contribution is -2.46. The van der Waals surface area contributed by atoms with Crippen molar-refractivity contribution in [2.45, 2.75) is 51.6 Å². The number of rotatable bonds is 3. The van der Waals surface area contributed by atoms with Crippen LogP contribution in [0.25, 0.3) is 32.8 Å². The van der Waals surface area contributed by atoms with Gasteiger partial charge in [-0.2, -0.15) is 0 Å². The van der Waals surface area contributed by atoms with Gasteiger partial charge in [0.05, 0.1) is 29.2 Å². The van der Waals surface area contributed by atoms with Gasteiger partial charge >= 0.3 is 0 Å². The molecule has 1 fully saturated rings. The minimum Gasteiger partial charge on any atom is -0.497 e. The highest BCUT2D eigenvalue weighted by Crippen LogP contribution is 2.56. The predicted octanol–water partition coefficient (Wildman–Crippen LogP) is 7.87. The van der Waals surface area contributed by atoms with Crippen LogP contribution < -0.4 is 9.47 Å². The molecule has 1 aromatic heterocycles. The second-order valence-electron chi connectivity index (χ2n) is 11.8. The average Bonchev–Trinajstić information content (AvgIpc) is 2.95. The van der Waals surface area contributed by atoms with Crippen LogP contribution in [0.4, 0.5) is 0 Å². The minimum absolute atomic E-state index is 0.0496. The summed E-state index contributed by atoms with van der Waals surface area (Å²) in [5.41, 5.74) is 5.50. The predicted molar refractivity (Wildman–Crippen MR) is 155 cm³/mol. The van der Waals surface area contributed by atoms with Crippen molar-refractivity contribution in [3.8, 4) is 11.5 Å². The highest BCUT2D eigenvalue weighted by molar-refractivity contribution is 6.13. The SMILES string of the molecule is COc1ccc(C(=O)c2ccc3nc4c5c(c6ccccc6c4nc3c2)OC(C)(C)C2CCC(C)CC52)cc1. The van der Waals surface area contributed by atoms with Gasteiger partial charge in [0, 0.05) is 33.4 Å². The van der Waals surface area contributed by atoms with Crippen molar-refractivity contribution in [3.63, 3.8) is 0 Å². The maximum atomic E-state index is 13.3. The number of carbonyl (C=O) groups is 1. The van der Waals surface area contributed by atoms with Crippen LogP contribution >= 0.6 is 0 Å². The van der Waals surface area contributed by atoms with E-state index in [2.05, 4.69) is 39.0 Å². The summed E-state index contributed by atoms with van der Waals surface area (Å²) in [5.74, 6) is 3.12. The topological polar surface area (TPSA) is 61.3 Å². The number of hydrogen-bond donors (Lipinski definition) is 0. The highest BCUT2D eigenvalue weighted by atomic mass is 16.5. The Kier molecular flexibility index (Phi) is 5.41. The standard InChI is InChI=1S/C34H32N2O3/c1-19-9-15-26-25(17-19)29-31-30(23-7-5-6-8-24(23)33(29)39-34(26,2)3)36-28-18-21(12-16-27(28)35-31)32(37)20-10-13-22(38-4)14-11-20/h5-8,10-14,16,18-19,25-26H,9,15,17H2,1-4H3. The zero-order valence-corrected chi connectivity index (χ0v) is 22.8. The van der Waals surface area contributed by atoms with Crippen molar-refractivity contribution >= 4 is 38.6 Å². The Morgan fingerprint density at radius 1 is 0.897 bits per heavy atom. The lowest BCUT2D eigenvalue weighted by molar-refractivity contribution is -0.0115. The molecular weight excluding hydrogens is 484 g/mol. The van der Waals surface area contributed by atoms with E-state index in [4.69, 9.17) is 19.4 Å². The zero-order chi connectivity index (χ0) is 26.9. The highest BCUT2D eigenvalue weighted by Gasteiger charge is 2.47. The number of hydrogen-bond acceptors (Lipinski definition) is 5. The molecule has 5 nitrogen and oxygen atoms in total. The van der Waals surface area contributed by atoms with E-state index in [1.54, 1.807) is 31.4 Å². The number of ketones is 1. The minimum atomic E-state index is -0.241. The van der Waals surface area contributed by atoms with Crippen LogP contribution in [-0.2, 0) is 0 Å². The van der Waals surface area contributed by atoms with Crippen molar-refractivity contribution < 1.29 is 14.3 Å². The number of ether oxygens (including phenoxy) is 2. The van der Waals surface area contributed by atoms with Crippen molar-refractivity contribution in [1.82, 2.24) is 9.97 Å². The van der Waals surface area contributed by atoms with E-state index in [0.717, 1.165) is 57.2 Å². The molecule has 1 aliphatic heterocycles. The van der Waals surface area contributed by atoms with Crippen LogP contribution in [0, 0.1) is 11.8 Å². The first-order chi connectivity index (χ1) is 18.8. The number of nitrogens with zero attached hydrogens (tertiary/aromatic N) is 2. The normalized spacial score (nSPS) is 21.8. The lowest BCUT2D eigenvalue weighted by Gasteiger charge is -2.49. The molecule has 2 heterocycles. The van der Waals surface area contributed by atoms with E-state index >= 15 is 0 Å². The van der Waals surface area contributed by atoms with E-state index < -0.39 is 0 Å². The third kappa shape index (κ3) is 3.78. The van der Waals surface area contributed by atoms with Gasteiger partial charge in [0.25, 0.3) is 0 Å². The molecular formula is C34H32N2O3. The van der Waals surface area contributed by atoms with Crippen LogP contribution in [0.2, 0.25) is 0 Å². The summed E-state index contributed by atoms with van der Waals surface area (Å²) >= 11 is 0. The first-order valence-corrected chi connectivity index (χ1v) is 13.9. The number of benzene rings is 4. The van der Waals surface area contributed by atoms with Crippen LogP contribution in [-0.4, -0.2) is 28.5 Å². The fraction of sp³-hybridized carbons (Fsp3) is 0.324. The Hall–Kier alpha value is -3.99. The summed E-state index contributed by atoms with van der Waals surface area (Å²) in [6, 6.07) is 21.2. The van der Waals surface area contributed by atoms with Crippen LogP contribution in [0.3, 0.4) is 0 Å². The van der Waals surface area contributed by atoms with Gasteiger partial charge in [0.15, 0.2) is 5.78 Å². The number of carbonyl (C=O) groups excluding carboxylic acids is 1. The molecule has 5 aromatic rings. The molecule has 0 N–H and O–H groups in total. The Morgan fingerprint density at radius 2 is 1.62 bits per heavy atom. The van der Waals surface area contributed by atoms with E-state index in [1.165, 1.54) is 12.0 Å². The van der Waals surface area contributed by atoms with Crippen molar-refractivity contribution in [2.24, 2.45) is 11.8 Å². The fourth-order valence-electron chi connectivity index (χ4n) is 6.95. The lowest BCUT2D eigenvalue weighted by atomic mass is 9.64. The summed E-state index contributed by atoms with van der Waals surface area (Å²) < 4.78 is 12.1. The Balaban J connectivity index is 1.45. The Bertz CT molecular complexity index is 1770. The van der Waals surface area contributed by atoms with Gasteiger partial charge < -0.3 is 9.47 Å². The van der Waals surface area contributed by atoms with Crippen LogP contribution in [0.5, 0.6) is 11.5 Å². The molecule has 0 saturated heterocycles. The monoisotopic (exact) mass is 516 g/mol. The van der Waals surface area contributed by atoms with E-state index in [0.29, 0.717) is 28.9 Å². The summed E-state index contributed by atoms with van der Waals surface area (Å²) in [4.78, 5) is 23.7. The van der Waals surface area contributed by atoms with Gasteiger partial charge in [0.2, 0.25) is 0 Å². The Morgan fingerprint density at radius 3 is 2.38 bits per heavy atom. The molecule has 0 amide bonds. The second kappa shape index (κ2) is 8.77. The largest absolute Gasteiger partial charge is 0.497 e. The van der Waals surface area contributed by atoms with Gasteiger partial charge in [0.1, 0.15) is 17.1 Å². The van der Waals surface area contributed by atoms with Crippen molar-refractivity contribution in [3.05, 3.63) is 83.4 Å². The Labute approximate surface area is 228 Å². The van der Waals surface area contributed by atoms with Crippen LogP contribution in [0.1, 0.15) is 67.4 Å². The molecule has 1 saturated carbocycles. The molecule has 0 radical (unpaired) electrons. The van der Waals surface area contributed by atoms with E-state index in [1.807, 2.05) is 24.3 Å². The summed E-state index contributed by atoms with van der Waals surface area (Å²) in [5, 5.41) is 2.12. The summed E-state index contributed by atoms with van der Waals surface area (Å²) in [6.07, 6.45) is 3.52. The molecule has 2 aliphatic rings. The molecule has 3 unspecified atom stereocenters. The molecule has 5 heteroatoms. The second-order valence-corrected chi connectivity index (χ2v) is 11.8. The van der Waals surface area contributed by atoms with Gasteiger partial charge in [-0.05, 0) is 81.0 Å². The molecule has 1 aliphatic carbocycles. The van der Waals surface area contributed by atoms with E-state index in [9.17, 15) is 4.79 Å². The van der Waals surface area contributed by atoms with Gasteiger partial charge in [-0.15, -0.1) is 0 Å². The van der Waals surface area contributed by atoms with Crippen molar-refractivity contribution in [2.75, 3.05) is 7.11 Å². The quantitative estimate of drug-likeness (QED) is 0.139. The molecule has 7 rings (SSSR count). The van der Waals surface area contributed by atoms with Crippen LogP contribution in [0.15, 0.2) is 66.7 Å². The summed E-state index contributed by atoms with van der Waals surface area (Å²) in [7, 11) is 1.62. The van der Waals surface area contributed by atoms with Gasteiger partial charge in [-0.25, -0.2) is 9.97 Å². The number of methoxy groups -OCH3 is 1. The third-order valence-corrected chi connectivity index (χ3v) is 8.95. The molecule has 39 heavy (non-hydrogen) atoms. The first-order valence-electron chi connectivity index (χ1n) is 13.9. The molecule has 3 atom stereocenters. The maximum Gasteiger partial charge on any atom is 0.193 e. The van der Waals surface area contributed by atoms with E-state index in [-0.39, 0.29) is 11.4 Å². The summed E-state index contributed by atoms with van der Waals surface area (Å²) in [6.45, 7) is 6.86. The molecule has 4 aromatic carbocycles.